The van der Waals surface area contributed by atoms with Gasteiger partial charge in [-0.05, 0) is 25.3 Å². The number of esters is 1. The highest BCUT2D eigenvalue weighted by atomic mass is 16.5. The van der Waals surface area contributed by atoms with Crippen molar-refractivity contribution < 1.29 is 9.53 Å². The molecule has 1 aliphatic carbocycles. The first kappa shape index (κ1) is 9.97. The lowest BCUT2D eigenvalue weighted by molar-refractivity contribution is -0.152. The Morgan fingerprint density at radius 1 is 1.43 bits per heavy atom. The van der Waals surface area contributed by atoms with Gasteiger partial charge in [0.05, 0.1) is 7.11 Å². The van der Waals surface area contributed by atoms with E-state index in [-0.39, 0.29) is 12.0 Å². The van der Waals surface area contributed by atoms with Crippen molar-refractivity contribution in [2.75, 3.05) is 20.2 Å². The van der Waals surface area contributed by atoms with Crippen LogP contribution in [0.2, 0.25) is 0 Å². The van der Waals surface area contributed by atoms with Crippen LogP contribution in [0.25, 0.3) is 0 Å². The van der Waals surface area contributed by atoms with Crippen LogP contribution in [0.5, 0.6) is 0 Å². The molecule has 2 fully saturated rings. The van der Waals surface area contributed by atoms with E-state index in [0.717, 1.165) is 25.4 Å². The smallest absolute Gasteiger partial charge is 0.323 e. The lowest BCUT2D eigenvalue weighted by Crippen LogP contribution is -2.53. The Morgan fingerprint density at radius 3 is 2.64 bits per heavy atom. The first-order valence-electron chi connectivity index (χ1n) is 5.63. The Kier molecular flexibility index (Phi) is 3.06. The summed E-state index contributed by atoms with van der Waals surface area (Å²) in [5.74, 6) is 0.888. The van der Waals surface area contributed by atoms with Gasteiger partial charge in [-0.15, -0.1) is 0 Å². The molecule has 0 radical (unpaired) electrons. The van der Waals surface area contributed by atoms with E-state index in [9.17, 15) is 4.79 Å². The van der Waals surface area contributed by atoms with Crippen molar-refractivity contribution in [1.29, 1.82) is 0 Å². The molecule has 0 amide bonds. The topological polar surface area (TPSA) is 29.5 Å². The number of methoxy groups -OCH3 is 1. The molecule has 0 aromatic heterocycles. The molecule has 0 spiro atoms. The molecule has 2 rings (SSSR count). The van der Waals surface area contributed by atoms with Crippen molar-refractivity contribution in [3.63, 3.8) is 0 Å². The maximum Gasteiger partial charge on any atom is 0.323 e. The highest BCUT2D eigenvalue weighted by molar-refractivity contribution is 5.76. The Labute approximate surface area is 85.4 Å². The van der Waals surface area contributed by atoms with Gasteiger partial charge in [-0.2, -0.15) is 0 Å². The molecule has 80 valence electrons. The number of carbonyl (C=O) groups is 1. The van der Waals surface area contributed by atoms with Crippen LogP contribution in [0.4, 0.5) is 0 Å². The summed E-state index contributed by atoms with van der Waals surface area (Å²) in [6.07, 6.45) is 6.46. The molecule has 0 aromatic carbocycles. The number of likely N-dealkylation sites (tertiary alicyclic amines) is 1. The minimum Gasteiger partial charge on any atom is -0.468 e. The van der Waals surface area contributed by atoms with Gasteiger partial charge in [0.25, 0.3) is 0 Å². The summed E-state index contributed by atoms with van der Waals surface area (Å²) in [5.41, 5.74) is 0. The third-order valence-electron chi connectivity index (χ3n) is 3.65. The van der Waals surface area contributed by atoms with E-state index >= 15 is 0 Å². The highest BCUT2D eigenvalue weighted by Gasteiger charge is 2.35. The van der Waals surface area contributed by atoms with Crippen LogP contribution >= 0.6 is 0 Å². The molecule has 0 bridgehead atoms. The van der Waals surface area contributed by atoms with E-state index in [0.29, 0.717) is 0 Å². The molecule has 1 unspecified atom stereocenters. The average molecular weight is 197 g/mol. The third kappa shape index (κ3) is 1.92. The quantitative estimate of drug-likeness (QED) is 0.638. The first-order valence-corrected chi connectivity index (χ1v) is 5.63. The van der Waals surface area contributed by atoms with E-state index < -0.39 is 0 Å². The second-order valence-electron chi connectivity index (χ2n) is 4.45. The molecule has 1 atom stereocenters. The summed E-state index contributed by atoms with van der Waals surface area (Å²) < 4.78 is 4.75. The van der Waals surface area contributed by atoms with E-state index in [1.54, 1.807) is 0 Å². The molecule has 3 nitrogen and oxygen atoms in total. The molecule has 3 heteroatoms. The number of nitrogens with zero attached hydrogens (tertiary/aromatic N) is 1. The van der Waals surface area contributed by atoms with E-state index in [2.05, 4.69) is 4.90 Å². The van der Waals surface area contributed by atoms with Gasteiger partial charge in [-0.1, -0.05) is 19.3 Å². The summed E-state index contributed by atoms with van der Waals surface area (Å²) >= 11 is 0. The van der Waals surface area contributed by atoms with Crippen LogP contribution in [0.3, 0.4) is 0 Å². The van der Waals surface area contributed by atoms with Crippen LogP contribution in [-0.2, 0) is 9.53 Å². The number of hydrogen-bond acceptors (Lipinski definition) is 3. The van der Waals surface area contributed by atoms with Crippen LogP contribution in [0.15, 0.2) is 0 Å². The minimum atomic E-state index is -0.0511. The second kappa shape index (κ2) is 4.30. The number of ether oxygens (including phenoxy) is 1. The Morgan fingerprint density at radius 2 is 2.21 bits per heavy atom. The molecular weight excluding hydrogens is 178 g/mol. The molecular formula is C11H19NO2. The van der Waals surface area contributed by atoms with Crippen molar-refractivity contribution in [2.45, 2.75) is 38.1 Å². The van der Waals surface area contributed by atoms with Crippen molar-refractivity contribution in [1.82, 2.24) is 4.90 Å². The molecule has 1 aliphatic heterocycles. The summed E-state index contributed by atoms with van der Waals surface area (Å²) in [7, 11) is 1.48. The maximum absolute atomic E-state index is 11.3. The van der Waals surface area contributed by atoms with Gasteiger partial charge >= 0.3 is 5.97 Å². The molecule has 14 heavy (non-hydrogen) atoms. The fraction of sp³-hybridized carbons (Fsp3) is 0.909. The Hall–Kier alpha value is -0.570. The minimum absolute atomic E-state index is 0.0511. The lowest BCUT2D eigenvalue weighted by atomic mass is 9.82. The normalized spacial score (nSPS) is 27.9. The Balaban J connectivity index is 1.67. The van der Waals surface area contributed by atoms with Crippen LogP contribution < -0.4 is 0 Å². The largest absolute Gasteiger partial charge is 0.468 e. The van der Waals surface area contributed by atoms with E-state index in [1.807, 2.05) is 0 Å². The molecule has 0 aromatic rings. The predicted octanol–water partition coefficient (Wildman–Crippen LogP) is 1.42. The molecule has 1 heterocycles. The van der Waals surface area contributed by atoms with Gasteiger partial charge in [0.1, 0.15) is 6.04 Å². The lowest BCUT2D eigenvalue weighted by Gasteiger charge is -2.40. The van der Waals surface area contributed by atoms with Gasteiger partial charge in [-0.3, -0.25) is 9.69 Å². The highest BCUT2D eigenvalue weighted by Crippen LogP contribution is 2.30. The van der Waals surface area contributed by atoms with Crippen molar-refractivity contribution in [3.05, 3.63) is 0 Å². The van der Waals surface area contributed by atoms with E-state index in [4.69, 9.17) is 4.74 Å². The SMILES string of the molecule is COC(=O)C1CCN1CCC1CCC1. The summed E-state index contributed by atoms with van der Waals surface area (Å²) in [5, 5.41) is 0. The predicted molar refractivity (Wildman–Crippen MR) is 54.0 cm³/mol. The molecule has 1 saturated heterocycles. The van der Waals surface area contributed by atoms with Crippen LogP contribution in [0, 0.1) is 5.92 Å². The zero-order valence-corrected chi connectivity index (χ0v) is 8.87. The average Bonchev–Trinajstić information content (AvgIpc) is 2.07. The van der Waals surface area contributed by atoms with Gasteiger partial charge in [0.2, 0.25) is 0 Å². The van der Waals surface area contributed by atoms with Gasteiger partial charge in [-0.25, -0.2) is 0 Å². The molecule has 0 N–H and O–H groups in total. The number of carbonyl (C=O) groups excluding carboxylic acids is 1. The third-order valence-corrected chi connectivity index (χ3v) is 3.65. The van der Waals surface area contributed by atoms with Crippen LogP contribution in [-0.4, -0.2) is 37.1 Å². The van der Waals surface area contributed by atoms with Crippen molar-refractivity contribution in [3.8, 4) is 0 Å². The maximum atomic E-state index is 11.3. The zero-order chi connectivity index (χ0) is 9.97. The summed E-state index contributed by atoms with van der Waals surface area (Å²) in [6.45, 7) is 2.16. The fourth-order valence-electron chi connectivity index (χ4n) is 2.24. The second-order valence-corrected chi connectivity index (χ2v) is 4.45. The van der Waals surface area contributed by atoms with Gasteiger partial charge in [0, 0.05) is 6.54 Å². The molecule has 2 aliphatic rings. The fourth-order valence-corrected chi connectivity index (χ4v) is 2.24. The van der Waals surface area contributed by atoms with Gasteiger partial charge < -0.3 is 4.74 Å². The summed E-state index contributed by atoms with van der Waals surface area (Å²) in [4.78, 5) is 13.5. The van der Waals surface area contributed by atoms with Crippen molar-refractivity contribution in [2.24, 2.45) is 5.92 Å². The number of rotatable bonds is 4. The zero-order valence-electron chi connectivity index (χ0n) is 8.87. The summed E-state index contributed by atoms with van der Waals surface area (Å²) in [6, 6.07) is 0.0695. The Bertz CT molecular complexity index is 213. The van der Waals surface area contributed by atoms with E-state index in [1.165, 1.54) is 32.8 Å². The number of hydrogen-bond donors (Lipinski definition) is 0. The van der Waals surface area contributed by atoms with Crippen molar-refractivity contribution >= 4 is 5.97 Å². The molecule has 1 saturated carbocycles. The van der Waals surface area contributed by atoms with Gasteiger partial charge in [0.15, 0.2) is 0 Å². The first-order chi connectivity index (χ1) is 6.81. The van der Waals surface area contributed by atoms with Crippen LogP contribution in [0.1, 0.15) is 32.1 Å². The standard InChI is InChI=1S/C11H19NO2/c1-14-11(13)10-6-8-12(10)7-5-9-3-2-4-9/h9-10H,2-8H2,1H3. The monoisotopic (exact) mass is 197 g/mol.